The van der Waals surface area contributed by atoms with Gasteiger partial charge in [0.15, 0.2) is 0 Å². The molecule has 0 saturated carbocycles. The molecule has 2 aromatic rings. The van der Waals surface area contributed by atoms with Crippen molar-refractivity contribution in [3.8, 4) is 11.3 Å². The van der Waals surface area contributed by atoms with E-state index < -0.39 is 125 Å². The van der Waals surface area contributed by atoms with E-state index in [2.05, 4.69) is 9.97 Å². The number of carboxylic acids is 2. The van der Waals surface area contributed by atoms with E-state index in [0.717, 1.165) is 12.1 Å². The third-order valence-electron chi connectivity index (χ3n) is 9.82. The molecular formula is C36H33F17N4O13. The number of carbonyl (C=O) groups excluding carboxylic acids is 3. The molecule has 34 heteroatoms. The number of aromatic amines is 1. The van der Waals surface area contributed by atoms with Crippen molar-refractivity contribution >= 4 is 29.5 Å². The molecule has 17 nitrogen and oxygen atoms in total. The number of aromatic nitrogens is 2. The van der Waals surface area contributed by atoms with E-state index in [1.807, 2.05) is 5.48 Å². The predicted octanol–water partition coefficient (Wildman–Crippen LogP) is 5.88. The summed E-state index contributed by atoms with van der Waals surface area (Å²) in [5.74, 6) is -66.4. The van der Waals surface area contributed by atoms with Crippen LogP contribution in [0.25, 0.3) is 11.3 Å². The number of alkyl halides is 17. The van der Waals surface area contributed by atoms with Crippen LogP contribution in [-0.4, -0.2) is 163 Å². The van der Waals surface area contributed by atoms with Gasteiger partial charge in [0.25, 0.3) is 11.7 Å². The Morgan fingerprint density at radius 2 is 1.19 bits per heavy atom. The third kappa shape index (κ3) is 10.5. The van der Waals surface area contributed by atoms with Crippen LogP contribution >= 0.6 is 0 Å². The van der Waals surface area contributed by atoms with Crippen molar-refractivity contribution in [3.63, 3.8) is 0 Å². The van der Waals surface area contributed by atoms with E-state index in [1.165, 1.54) is 0 Å². The van der Waals surface area contributed by atoms with Gasteiger partial charge in [-0.05, 0) is 18.6 Å². The van der Waals surface area contributed by atoms with Gasteiger partial charge in [-0.2, -0.15) is 74.6 Å². The zero-order valence-electron chi connectivity index (χ0n) is 34.6. The van der Waals surface area contributed by atoms with Crippen LogP contribution in [0.2, 0.25) is 0 Å². The first-order valence-electron chi connectivity index (χ1n) is 19.3. The van der Waals surface area contributed by atoms with Crippen molar-refractivity contribution in [3.05, 3.63) is 40.3 Å². The van der Waals surface area contributed by atoms with Crippen LogP contribution in [0.15, 0.2) is 12.1 Å². The standard InChI is InChI=1S/C36H33F17N4O13/c37-28(38,30(39,40)31(41,42)32(43,44)33(45,46)34(47,48)35(49,50)36(51,52)53)3-2-20(58)54-4-1-5-65-6-7-66-8-9-67-10-13-70-57-25(60)18-14-16(26(61)62)21-22-17(15-19(56-22)27(63)64)29(68-11-12-69-29)24(59)23(21)55-18/h14-15,56H,1-13H2,(H,54,58)(H,57,60)(H,61,62)(H,63,64). The summed E-state index contributed by atoms with van der Waals surface area (Å²) in [4.78, 5) is 73.6. The van der Waals surface area contributed by atoms with Gasteiger partial charge in [0.2, 0.25) is 11.7 Å². The summed E-state index contributed by atoms with van der Waals surface area (Å²) in [7, 11) is 0. The number of hydroxylamine groups is 1. The number of rotatable bonds is 26. The number of pyridine rings is 1. The number of hydrogen-bond acceptors (Lipinski definition) is 12. The highest BCUT2D eigenvalue weighted by Crippen LogP contribution is 2.64. The topological polar surface area (TPSA) is 234 Å². The lowest BCUT2D eigenvalue weighted by molar-refractivity contribution is -0.461. The zero-order valence-corrected chi connectivity index (χ0v) is 34.6. The first-order chi connectivity index (χ1) is 32.1. The molecule has 2 amide bonds. The van der Waals surface area contributed by atoms with Crippen molar-refractivity contribution in [2.75, 3.05) is 66.0 Å². The van der Waals surface area contributed by atoms with E-state index in [9.17, 15) is 109 Å². The molecule has 4 rings (SSSR count). The molecule has 2 aliphatic rings. The number of Topliss-reactive ketones (excluding diaryl/α,β-unsaturated/α-hetero) is 1. The highest BCUT2D eigenvalue weighted by Gasteiger charge is 2.95. The van der Waals surface area contributed by atoms with Gasteiger partial charge in [0.05, 0.1) is 64.1 Å². The average molecular weight is 1050 g/mol. The molecular weight excluding hydrogens is 1020 g/mol. The lowest BCUT2D eigenvalue weighted by Gasteiger charge is -2.42. The molecule has 2 aromatic heterocycles. The summed E-state index contributed by atoms with van der Waals surface area (Å²) < 4.78 is 254. The van der Waals surface area contributed by atoms with Gasteiger partial charge in [0, 0.05) is 37.1 Å². The summed E-state index contributed by atoms with van der Waals surface area (Å²) in [6.45, 7) is -1.76. The zero-order chi connectivity index (χ0) is 53.1. The number of nitrogens with one attached hydrogen (secondary N) is 3. The Labute approximate surface area is 378 Å². The van der Waals surface area contributed by atoms with Gasteiger partial charge in [-0.1, -0.05) is 0 Å². The normalized spacial score (nSPS) is 15.8. The minimum Gasteiger partial charge on any atom is -0.478 e. The maximum Gasteiger partial charge on any atom is 0.460 e. The Bertz CT molecular complexity index is 2270. The molecule has 0 aromatic carbocycles. The maximum atomic E-state index is 14.0. The first-order valence-corrected chi connectivity index (χ1v) is 19.3. The number of H-pyrrole nitrogens is 1. The van der Waals surface area contributed by atoms with E-state index in [1.54, 1.807) is 5.32 Å². The fourth-order valence-corrected chi connectivity index (χ4v) is 6.18. The second kappa shape index (κ2) is 20.7. The molecule has 1 aliphatic heterocycles. The maximum absolute atomic E-state index is 14.0. The number of carbonyl (C=O) groups is 5. The highest BCUT2D eigenvalue weighted by atomic mass is 19.4. The van der Waals surface area contributed by atoms with Crippen LogP contribution < -0.4 is 10.8 Å². The molecule has 1 aliphatic carbocycles. The first kappa shape index (κ1) is 57.1. The van der Waals surface area contributed by atoms with Crippen LogP contribution in [0.3, 0.4) is 0 Å². The number of ketones is 1. The summed E-state index contributed by atoms with van der Waals surface area (Å²) in [5, 5.41) is 21.2. The van der Waals surface area contributed by atoms with E-state index >= 15 is 0 Å². The molecule has 1 spiro atoms. The summed E-state index contributed by atoms with van der Waals surface area (Å²) in [5.41, 5.74) is -0.819. The lowest BCUT2D eigenvalue weighted by Crippen LogP contribution is -2.74. The smallest absolute Gasteiger partial charge is 0.460 e. The molecule has 5 N–H and O–H groups in total. The molecule has 70 heavy (non-hydrogen) atoms. The third-order valence-corrected chi connectivity index (χ3v) is 9.82. The molecule has 1 fully saturated rings. The number of fused-ring (bicyclic) bond motifs is 4. The Kier molecular flexibility index (Phi) is 16.9. The minimum atomic E-state index is -8.74. The molecule has 3 heterocycles. The highest BCUT2D eigenvalue weighted by molar-refractivity contribution is 6.15. The van der Waals surface area contributed by atoms with Gasteiger partial charge >= 0.3 is 59.6 Å². The lowest BCUT2D eigenvalue weighted by atomic mass is 9.85. The summed E-state index contributed by atoms with van der Waals surface area (Å²) in [6, 6.07) is 1.87. The number of nitrogens with zero attached hydrogens (tertiary/aromatic N) is 1. The van der Waals surface area contributed by atoms with Gasteiger partial charge in [-0.3, -0.25) is 19.2 Å². The van der Waals surface area contributed by atoms with Gasteiger partial charge in [-0.15, -0.1) is 0 Å². The summed E-state index contributed by atoms with van der Waals surface area (Å²) >= 11 is 0. The summed E-state index contributed by atoms with van der Waals surface area (Å²) in [6.07, 6.45) is -12.9. The number of ether oxygens (including phenoxy) is 5. The minimum absolute atomic E-state index is 0.0572. The molecule has 394 valence electrons. The van der Waals surface area contributed by atoms with Crippen molar-refractivity contribution in [1.82, 2.24) is 20.8 Å². The second-order valence-corrected chi connectivity index (χ2v) is 14.5. The predicted molar refractivity (Wildman–Crippen MR) is 189 cm³/mol. The van der Waals surface area contributed by atoms with E-state index in [4.69, 9.17) is 28.5 Å². The van der Waals surface area contributed by atoms with E-state index in [0.29, 0.717) is 0 Å². The van der Waals surface area contributed by atoms with E-state index in [-0.39, 0.29) is 82.7 Å². The fourth-order valence-electron chi connectivity index (χ4n) is 6.18. The molecule has 1 saturated heterocycles. The van der Waals surface area contributed by atoms with Crippen LogP contribution in [0.5, 0.6) is 0 Å². The SMILES string of the molecule is O=C(CCC(F)(F)C(F)(F)C(F)(F)C(F)(F)C(F)(F)C(F)(F)C(F)(F)C(F)(F)F)NCCCOCCOCCOCCONC(=O)c1cc(C(=O)O)c2c(n1)C(=O)C1(OCCO1)c1cc(C(=O)O)[nH]c1-2. The van der Waals surface area contributed by atoms with Crippen LogP contribution in [0.4, 0.5) is 74.6 Å². The number of hydrogen-bond donors (Lipinski definition) is 5. The number of aromatic carboxylic acids is 2. The van der Waals surface area contributed by atoms with Gasteiger partial charge in [-0.25, -0.2) is 20.1 Å². The Morgan fingerprint density at radius 1 is 0.686 bits per heavy atom. The van der Waals surface area contributed by atoms with Crippen LogP contribution in [0, 0.1) is 0 Å². The molecule has 0 radical (unpaired) electrons. The monoisotopic (exact) mass is 1050 g/mol. The number of halogens is 17. The van der Waals surface area contributed by atoms with Crippen LogP contribution in [-0.2, 0) is 39.1 Å². The van der Waals surface area contributed by atoms with Gasteiger partial charge < -0.3 is 44.2 Å². The largest absolute Gasteiger partial charge is 0.478 e. The van der Waals surface area contributed by atoms with Gasteiger partial charge in [0.1, 0.15) is 17.1 Å². The van der Waals surface area contributed by atoms with Crippen molar-refractivity contribution < 1.29 is 137 Å². The molecule has 0 bridgehead atoms. The second-order valence-electron chi connectivity index (χ2n) is 14.5. The number of amides is 2. The van der Waals surface area contributed by atoms with Crippen molar-refractivity contribution in [2.24, 2.45) is 0 Å². The van der Waals surface area contributed by atoms with Crippen LogP contribution in [0.1, 0.15) is 66.6 Å². The Balaban J connectivity index is 1.11. The van der Waals surface area contributed by atoms with Crippen molar-refractivity contribution in [2.45, 2.75) is 72.7 Å². The number of carboxylic acid groups (broad SMARTS) is 2. The Hall–Kier alpha value is -5.45. The quantitative estimate of drug-likeness (QED) is 0.0421. The van der Waals surface area contributed by atoms with Crippen molar-refractivity contribution in [1.29, 1.82) is 0 Å². The fraction of sp³-hybridized carbons (Fsp3) is 0.611. The molecule has 0 atom stereocenters. The molecule has 0 unspecified atom stereocenters. The average Bonchev–Trinajstić information content (AvgIpc) is 3.95. The Morgan fingerprint density at radius 3 is 1.70 bits per heavy atom.